The van der Waals surface area contributed by atoms with Crippen molar-refractivity contribution < 1.29 is 9.53 Å². The highest BCUT2D eigenvalue weighted by molar-refractivity contribution is 5.99. The van der Waals surface area contributed by atoms with Crippen LogP contribution in [0.2, 0.25) is 0 Å². The number of para-hydroxylation sites is 1. The van der Waals surface area contributed by atoms with Crippen LogP contribution < -0.4 is 15.3 Å². The number of aldehydes is 1. The standard InChI is InChI=1S/C16H13NO2/c18-10-13-9-17-16-14(13)7-4-8-15(16)19-11-12-5-2-1-3-6-12/h1-8,10H,9,11H2. The van der Waals surface area contributed by atoms with Gasteiger partial charge in [0, 0.05) is 10.8 Å². The first kappa shape index (κ1) is 11.7. The van der Waals surface area contributed by atoms with Crippen molar-refractivity contribution in [3.63, 3.8) is 0 Å². The summed E-state index contributed by atoms with van der Waals surface area (Å²) >= 11 is 0. The number of nitrogens with zero attached hydrogens (tertiary/aromatic N) is 1. The maximum absolute atomic E-state index is 10.9. The number of ether oxygens (including phenoxy) is 1. The van der Waals surface area contributed by atoms with E-state index in [0.717, 1.165) is 33.7 Å². The van der Waals surface area contributed by atoms with Crippen molar-refractivity contribution in [1.29, 1.82) is 0 Å². The zero-order valence-electron chi connectivity index (χ0n) is 10.4. The molecule has 1 aliphatic heterocycles. The minimum Gasteiger partial charge on any atom is -0.487 e. The molecule has 0 aliphatic carbocycles. The van der Waals surface area contributed by atoms with Crippen molar-refractivity contribution in [2.24, 2.45) is 4.99 Å². The van der Waals surface area contributed by atoms with Crippen LogP contribution in [0.1, 0.15) is 5.56 Å². The lowest BCUT2D eigenvalue weighted by molar-refractivity contribution is -0.103. The third kappa shape index (κ3) is 2.27. The summed E-state index contributed by atoms with van der Waals surface area (Å²) in [5.41, 5.74) is 1.83. The molecule has 0 spiro atoms. The molecule has 94 valence electrons. The molecule has 0 unspecified atom stereocenters. The molecule has 3 rings (SSSR count). The maximum atomic E-state index is 10.9. The van der Waals surface area contributed by atoms with Gasteiger partial charge in [-0.25, -0.2) is 0 Å². The third-order valence-electron chi connectivity index (χ3n) is 3.13. The Kier molecular flexibility index (Phi) is 3.11. The molecule has 2 aromatic rings. The van der Waals surface area contributed by atoms with E-state index in [4.69, 9.17) is 4.74 Å². The average Bonchev–Trinajstić information content (AvgIpc) is 2.90. The van der Waals surface area contributed by atoms with Crippen LogP contribution in [-0.2, 0) is 11.4 Å². The Morgan fingerprint density at radius 2 is 1.95 bits per heavy atom. The predicted octanol–water partition coefficient (Wildman–Crippen LogP) is 1.25. The molecule has 0 saturated heterocycles. The van der Waals surface area contributed by atoms with Crippen molar-refractivity contribution in [3.8, 4) is 5.75 Å². The Morgan fingerprint density at radius 1 is 1.11 bits per heavy atom. The van der Waals surface area contributed by atoms with E-state index < -0.39 is 0 Å². The second-order valence-electron chi connectivity index (χ2n) is 4.39. The number of hydrogen-bond acceptors (Lipinski definition) is 3. The first-order valence-corrected chi connectivity index (χ1v) is 6.17. The van der Waals surface area contributed by atoms with Gasteiger partial charge in [0.05, 0.1) is 6.54 Å². The SMILES string of the molecule is O=CC1=c2cccc(OCc3ccccc3)c2=NC1. The number of hydrogen-bond donors (Lipinski definition) is 0. The quantitative estimate of drug-likeness (QED) is 0.767. The Hall–Kier alpha value is -2.42. The number of carbonyl (C=O) groups is 1. The van der Waals surface area contributed by atoms with Gasteiger partial charge in [0.1, 0.15) is 24.0 Å². The monoisotopic (exact) mass is 251 g/mol. The molecule has 0 saturated carbocycles. The van der Waals surface area contributed by atoms with Crippen LogP contribution in [0.25, 0.3) is 5.57 Å². The van der Waals surface area contributed by atoms with E-state index >= 15 is 0 Å². The van der Waals surface area contributed by atoms with E-state index in [-0.39, 0.29) is 0 Å². The fourth-order valence-electron chi connectivity index (χ4n) is 2.15. The Balaban J connectivity index is 1.91. The Labute approximate surface area is 110 Å². The summed E-state index contributed by atoms with van der Waals surface area (Å²) < 4.78 is 5.80. The number of benzene rings is 2. The minimum atomic E-state index is 0.449. The van der Waals surface area contributed by atoms with Crippen molar-refractivity contribution in [2.75, 3.05) is 6.54 Å². The van der Waals surface area contributed by atoms with Crippen LogP contribution in [0.4, 0.5) is 0 Å². The molecule has 3 heteroatoms. The molecule has 0 N–H and O–H groups in total. The van der Waals surface area contributed by atoms with Crippen LogP contribution in [0.3, 0.4) is 0 Å². The van der Waals surface area contributed by atoms with Crippen LogP contribution >= 0.6 is 0 Å². The largest absolute Gasteiger partial charge is 0.487 e. The second-order valence-corrected chi connectivity index (χ2v) is 4.39. The molecular weight excluding hydrogens is 238 g/mol. The fourth-order valence-corrected chi connectivity index (χ4v) is 2.15. The predicted molar refractivity (Wildman–Crippen MR) is 72.3 cm³/mol. The van der Waals surface area contributed by atoms with Crippen LogP contribution in [0.5, 0.6) is 5.75 Å². The first-order chi connectivity index (χ1) is 9.38. The molecule has 0 radical (unpaired) electrons. The van der Waals surface area contributed by atoms with Gasteiger partial charge in [-0.2, -0.15) is 0 Å². The van der Waals surface area contributed by atoms with Crippen LogP contribution in [-0.4, -0.2) is 12.8 Å². The van der Waals surface area contributed by atoms with Gasteiger partial charge in [-0.15, -0.1) is 0 Å². The summed E-state index contributed by atoms with van der Waals surface area (Å²) in [6.07, 6.45) is 0.871. The third-order valence-corrected chi connectivity index (χ3v) is 3.13. The Morgan fingerprint density at radius 3 is 2.74 bits per heavy atom. The average molecular weight is 251 g/mol. The summed E-state index contributed by atoms with van der Waals surface area (Å²) in [7, 11) is 0. The van der Waals surface area contributed by atoms with Gasteiger partial charge in [0.15, 0.2) is 0 Å². The molecule has 0 fully saturated rings. The topological polar surface area (TPSA) is 38.7 Å². The molecule has 0 atom stereocenters. The zero-order valence-corrected chi connectivity index (χ0v) is 10.4. The molecule has 0 aromatic heterocycles. The van der Waals surface area contributed by atoms with Gasteiger partial charge in [0.25, 0.3) is 0 Å². The minimum absolute atomic E-state index is 0.449. The first-order valence-electron chi connectivity index (χ1n) is 6.17. The molecule has 3 nitrogen and oxygen atoms in total. The number of carbonyl (C=O) groups excluding carboxylic acids is 1. The van der Waals surface area contributed by atoms with E-state index in [1.807, 2.05) is 48.5 Å². The van der Waals surface area contributed by atoms with Gasteiger partial charge in [-0.05, 0) is 11.6 Å². The van der Waals surface area contributed by atoms with E-state index in [2.05, 4.69) is 4.99 Å². The van der Waals surface area contributed by atoms with Gasteiger partial charge in [-0.1, -0.05) is 42.5 Å². The molecule has 0 bridgehead atoms. The van der Waals surface area contributed by atoms with E-state index in [9.17, 15) is 4.79 Å². The van der Waals surface area contributed by atoms with Gasteiger partial charge in [-0.3, -0.25) is 9.79 Å². The summed E-state index contributed by atoms with van der Waals surface area (Å²) in [5, 5.41) is 1.68. The lowest BCUT2D eigenvalue weighted by atomic mass is 10.2. The van der Waals surface area contributed by atoms with Crippen LogP contribution in [0, 0.1) is 0 Å². The lowest BCUT2D eigenvalue weighted by Gasteiger charge is -2.06. The summed E-state index contributed by atoms with van der Waals surface area (Å²) in [6, 6.07) is 15.7. The van der Waals surface area contributed by atoms with Gasteiger partial charge in [0.2, 0.25) is 0 Å². The lowest BCUT2D eigenvalue weighted by Crippen LogP contribution is -2.25. The molecule has 1 aliphatic rings. The summed E-state index contributed by atoms with van der Waals surface area (Å²) in [4.78, 5) is 15.3. The molecular formula is C16H13NO2. The van der Waals surface area contributed by atoms with Crippen molar-refractivity contribution in [2.45, 2.75) is 6.61 Å². The fraction of sp³-hybridized carbons (Fsp3) is 0.125. The molecule has 19 heavy (non-hydrogen) atoms. The highest BCUT2D eigenvalue weighted by atomic mass is 16.5. The van der Waals surface area contributed by atoms with E-state index in [0.29, 0.717) is 13.2 Å². The van der Waals surface area contributed by atoms with E-state index in [1.54, 1.807) is 0 Å². The number of fused-ring (bicyclic) bond motifs is 1. The molecule has 1 heterocycles. The van der Waals surface area contributed by atoms with Crippen LogP contribution in [0.15, 0.2) is 53.5 Å². The normalized spacial score (nSPS) is 12.7. The zero-order chi connectivity index (χ0) is 13.1. The molecule has 0 amide bonds. The second kappa shape index (κ2) is 5.06. The van der Waals surface area contributed by atoms with Crippen molar-refractivity contribution in [3.05, 3.63) is 64.7 Å². The smallest absolute Gasteiger partial charge is 0.148 e. The van der Waals surface area contributed by atoms with Crippen molar-refractivity contribution >= 4 is 11.9 Å². The maximum Gasteiger partial charge on any atom is 0.148 e. The number of rotatable bonds is 4. The van der Waals surface area contributed by atoms with Gasteiger partial charge >= 0.3 is 0 Å². The highest BCUT2D eigenvalue weighted by Gasteiger charge is 2.09. The molecule has 2 aromatic carbocycles. The van der Waals surface area contributed by atoms with Crippen molar-refractivity contribution in [1.82, 2.24) is 0 Å². The van der Waals surface area contributed by atoms with Gasteiger partial charge < -0.3 is 4.74 Å². The Bertz CT molecular complexity index is 720. The summed E-state index contributed by atoms with van der Waals surface area (Å²) in [6.45, 7) is 0.952. The highest BCUT2D eigenvalue weighted by Crippen LogP contribution is 2.07. The van der Waals surface area contributed by atoms with E-state index in [1.165, 1.54) is 0 Å². The summed E-state index contributed by atoms with van der Waals surface area (Å²) in [5.74, 6) is 0.734.